The van der Waals surface area contributed by atoms with Crippen LogP contribution in [0.15, 0.2) is 57.5 Å². The van der Waals surface area contributed by atoms with E-state index in [9.17, 15) is 23.1 Å². The predicted molar refractivity (Wildman–Crippen MR) is 141 cm³/mol. The Morgan fingerprint density at radius 3 is 2.51 bits per heavy atom. The number of rotatable bonds is 8. The summed E-state index contributed by atoms with van der Waals surface area (Å²) in [6, 6.07) is 13.8. The van der Waals surface area contributed by atoms with Gasteiger partial charge in [-0.25, -0.2) is 4.79 Å². The molecule has 8 nitrogen and oxygen atoms in total. The van der Waals surface area contributed by atoms with Gasteiger partial charge in [-0.2, -0.15) is 0 Å². The SMILES string of the molecule is O=C(O)c1cc2ccc(N3[C@@H]4CC[C@@H]3CC(OCc3c(-c5ccccc5OC(F)(F)F)noc3C3CC3)C4)cc2o1. The number of furan rings is 1. The van der Waals surface area contributed by atoms with Crippen molar-refractivity contribution < 1.29 is 41.5 Å². The van der Waals surface area contributed by atoms with E-state index < -0.39 is 12.3 Å². The number of fused-ring (bicyclic) bond motifs is 3. The van der Waals surface area contributed by atoms with Gasteiger partial charge >= 0.3 is 12.3 Å². The number of carboxylic acids is 1. The van der Waals surface area contributed by atoms with E-state index in [1.165, 1.54) is 18.2 Å². The summed E-state index contributed by atoms with van der Waals surface area (Å²) in [5.74, 6) is -0.639. The van der Waals surface area contributed by atoms with Crippen LogP contribution in [-0.4, -0.2) is 40.8 Å². The molecule has 2 saturated heterocycles. The number of para-hydroxylation sites is 1. The molecule has 0 amide bonds. The van der Waals surface area contributed by atoms with Gasteiger partial charge in [0.05, 0.1) is 12.7 Å². The van der Waals surface area contributed by atoms with Crippen LogP contribution in [0.5, 0.6) is 5.75 Å². The molecule has 11 heteroatoms. The van der Waals surface area contributed by atoms with Gasteiger partial charge in [0.25, 0.3) is 0 Å². The zero-order chi connectivity index (χ0) is 28.3. The molecule has 2 aliphatic heterocycles. The Morgan fingerprint density at radius 1 is 1.05 bits per heavy atom. The minimum absolute atomic E-state index is 0.0359. The van der Waals surface area contributed by atoms with Crippen LogP contribution in [0, 0.1) is 0 Å². The Kier molecular flexibility index (Phi) is 6.22. The number of ether oxygens (including phenoxy) is 2. The lowest BCUT2D eigenvalue weighted by Gasteiger charge is -2.40. The maximum absolute atomic E-state index is 13.1. The van der Waals surface area contributed by atoms with Crippen LogP contribution >= 0.6 is 0 Å². The molecule has 1 N–H and O–H groups in total. The van der Waals surface area contributed by atoms with E-state index in [0.717, 1.165) is 49.6 Å². The van der Waals surface area contributed by atoms with Crippen LogP contribution in [0.25, 0.3) is 22.2 Å². The number of alkyl halides is 3. The molecule has 2 bridgehead atoms. The van der Waals surface area contributed by atoms with E-state index in [-0.39, 0.29) is 47.8 Å². The van der Waals surface area contributed by atoms with Gasteiger partial charge in [0.15, 0.2) is 0 Å². The molecule has 214 valence electrons. The van der Waals surface area contributed by atoms with Crippen LogP contribution in [0.4, 0.5) is 18.9 Å². The smallest absolute Gasteiger partial charge is 0.475 e. The number of aromatic nitrogens is 1. The van der Waals surface area contributed by atoms with Gasteiger partial charge in [-0.05, 0) is 68.9 Å². The molecular weight excluding hydrogens is 541 g/mol. The Hall–Kier alpha value is -3.99. The van der Waals surface area contributed by atoms with Crippen molar-refractivity contribution in [3.05, 3.63) is 65.6 Å². The summed E-state index contributed by atoms with van der Waals surface area (Å²) in [6.45, 7) is 0.186. The van der Waals surface area contributed by atoms with Crippen molar-refractivity contribution in [2.45, 2.75) is 75.6 Å². The van der Waals surface area contributed by atoms with Gasteiger partial charge in [0, 0.05) is 46.3 Å². The zero-order valence-electron chi connectivity index (χ0n) is 21.9. The van der Waals surface area contributed by atoms with Gasteiger partial charge in [-0.3, -0.25) is 0 Å². The highest BCUT2D eigenvalue weighted by atomic mass is 19.4. The molecule has 0 spiro atoms. The molecule has 1 saturated carbocycles. The van der Waals surface area contributed by atoms with Crippen molar-refractivity contribution in [1.82, 2.24) is 5.16 Å². The highest BCUT2D eigenvalue weighted by molar-refractivity contribution is 5.92. The fourth-order valence-corrected chi connectivity index (χ4v) is 6.39. The molecule has 2 aromatic carbocycles. The average Bonchev–Trinajstić information content (AvgIpc) is 3.44. The maximum Gasteiger partial charge on any atom is 0.573 e. The van der Waals surface area contributed by atoms with Crippen molar-refractivity contribution in [2.75, 3.05) is 4.90 Å². The molecule has 0 unspecified atom stereocenters. The van der Waals surface area contributed by atoms with Crippen LogP contribution in [0.3, 0.4) is 0 Å². The van der Waals surface area contributed by atoms with Crippen LogP contribution in [-0.2, 0) is 11.3 Å². The van der Waals surface area contributed by atoms with Crippen LogP contribution < -0.4 is 9.64 Å². The number of carboxylic acid groups (broad SMARTS) is 1. The molecule has 7 rings (SSSR count). The molecule has 41 heavy (non-hydrogen) atoms. The molecule has 2 atom stereocenters. The summed E-state index contributed by atoms with van der Waals surface area (Å²) >= 11 is 0. The molecule has 4 aromatic rings. The Bertz CT molecular complexity index is 1590. The van der Waals surface area contributed by atoms with Crippen molar-refractivity contribution in [3.63, 3.8) is 0 Å². The molecule has 0 radical (unpaired) electrons. The van der Waals surface area contributed by atoms with Crippen molar-refractivity contribution in [2.24, 2.45) is 0 Å². The van der Waals surface area contributed by atoms with E-state index in [1.807, 2.05) is 18.2 Å². The Labute approximate surface area is 232 Å². The van der Waals surface area contributed by atoms with Crippen LogP contribution in [0.2, 0.25) is 0 Å². The van der Waals surface area contributed by atoms with Gasteiger partial charge in [-0.1, -0.05) is 17.3 Å². The number of carbonyl (C=O) groups is 1. The maximum atomic E-state index is 13.1. The third kappa shape index (κ3) is 5.03. The van der Waals surface area contributed by atoms with Gasteiger partial charge in [0.1, 0.15) is 22.8 Å². The number of hydrogen-bond donors (Lipinski definition) is 1. The second-order valence-corrected chi connectivity index (χ2v) is 11.0. The van der Waals surface area contributed by atoms with E-state index >= 15 is 0 Å². The summed E-state index contributed by atoms with van der Waals surface area (Å²) < 4.78 is 61.2. The molecule has 1 aliphatic carbocycles. The third-order valence-electron chi connectivity index (χ3n) is 8.30. The van der Waals surface area contributed by atoms with Crippen LogP contribution in [0.1, 0.15) is 66.3 Å². The summed E-state index contributed by atoms with van der Waals surface area (Å²) in [5.41, 5.74) is 2.75. The monoisotopic (exact) mass is 568 g/mol. The highest BCUT2D eigenvalue weighted by Crippen LogP contribution is 2.46. The summed E-state index contributed by atoms with van der Waals surface area (Å²) in [7, 11) is 0. The lowest BCUT2D eigenvalue weighted by Crippen LogP contribution is -2.45. The zero-order valence-corrected chi connectivity index (χ0v) is 21.9. The standard InChI is InChI=1S/C30H27F3N2O6/c31-30(32,33)40-24-4-2-1-3-22(24)27-23(28(41-34-27)16-5-6-16)15-38-21-12-18-9-10-19(13-21)35(18)20-8-7-17-11-26(29(36)37)39-25(17)14-20/h1-4,7-8,11,14,16,18-19,21H,5-6,9-10,12-13,15H2,(H,36,37)/t18-,19-/m1/s1. The predicted octanol–water partition coefficient (Wildman–Crippen LogP) is 7.28. The minimum atomic E-state index is -4.83. The Balaban J connectivity index is 1.09. The minimum Gasteiger partial charge on any atom is -0.475 e. The number of anilines is 1. The first kappa shape index (κ1) is 25.9. The van der Waals surface area contributed by atoms with Gasteiger partial charge < -0.3 is 28.4 Å². The molecule has 3 fully saturated rings. The molecular formula is C30H27F3N2O6. The van der Waals surface area contributed by atoms with E-state index in [1.54, 1.807) is 12.1 Å². The molecule has 3 aliphatic rings. The van der Waals surface area contributed by atoms with E-state index in [0.29, 0.717) is 22.6 Å². The van der Waals surface area contributed by atoms with E-state index in [2.05, 4.69) is 14.8 Å². The average molecular weight is 569 g/mol. The fourth-order valence-electron chi connectivity index (χ4n) is 6.39. The second-order valence-electron chi connectivity index (χ2n) is 11.0. The first-order chi connectivity index (χ1) is 19.7. The topological polar surface area (TPSA) is 98.2 Å². The number of benzene rings is 2. The number of aromatic carboxylic acids is 1. The van der Waals surface area contributed by atoms with Crippen molar-refractivity contribution in [3.8, 4) is 17.0 Å². The second kappa shape index (κ2) is 9.83. The van der Waals surface area contributed by atoms with Gasteiger partial charge in [0.2, 0.25) is 5.76 Å². The number of piperidine rings is 1. The quantitative estimate of drug-likeness (QED) is 0.237. The van der Waals surface area contributed by atoms with Gasteiger partial charge in [-0.15, -0.1) is 13.2 Å². The number of halogens is 3. The number of hydrogen-bond acceptors (Lipinski definition) is 7. The first-order valence-electron chi connectivity index (χ1n) is 13.7. The number of nitrogens with zero attached hydrogens (tertiary/aromatic N) is 2. The summed E-state index contributed by atoms with van der Waals surface area (Å²) in [6.07, 6.45) is 0.622. The fraction of sp³-hybridized carbons (Fsp3) is 0.400. The first-order valence-corrected chi connectivity index (χ1v) is 13.7. The molecule has 2 aromatic heterocycles. The van der Waals surface area contributed by atoms with Crippen molar-refractivity contribution in [1.29, 1.82) is 0 Å². The Morgan fingerprint density at radius 2 is 1.80 bits per heavy atom. The third-order valence-corrected chi connectivity index (χ3v) is 8.30. The largest absolute Gasteiger partial charge is 0.573 e. The van der Waals surface area contributed by atoms with E-state index in [4.69, 9.17) is 13.7 Å². The summed E-state index contributed by atoms with van der Waals surface area (Å²) in [4.78, 5) is 13.7. The highest BCUT2D eigenvalue weighted by Gasteiger charge is 2.42. The normalized spacial score (nSPS) is 22.4. The van der Waals surface area contributed by atoms with Crippen molar-refractivity contribution >= 4 is 22.6 Å². The summed E-state index contributed by atoms with van der Waals surface area (Å²) in [5, 5.41) is 14.2. The molecule has 4 heterocycles. The lowest BCUT2D eigenvalue weighted by molar-refractivity contribution is -0.274. The lowest BCUT2D eigenvalue weighted by atomic mass is 9.98.